The van der Waals surface area contributed by atoms with E-state index in [2.05, 4.69) is 37.2 Å². The van der Waals surface area contributed by atoms with Crippen LogP contribution in [0.1, 0.15) is 199 Å². The molecule has 3 fully saturated rings. The van der Waals surface area contributed by atoms with E-state index in [1.807, 2.05) is 0 Å². The highest BCUT2D eigenvalue weighted by Crippen LogP contribution is 2.33. The van der Waals surface area contributed by atoms with Crippen LogP contribution in [0.25, 0.3) is 0 Å². The summed E-state index contributed by atoms with van der Waals surface area (Å²) in [5.74, 6) is -9.51. The summed E-state index contributed by atoms with van der Waals surface area (Å²) < 4.78 is 104. The fourth-order valence-corrected chi connectivity index (χ4v) is 13.6. The number of hydrogen-bond acceptors (Lipinski definition) is 35. The first-order valence-electron chi connectivity index (χ1n) is 41.5. The van der Waals surface area contributed by atoms with E-state index in [0.29, 0.717) is 103 Å². The molecule has 9 N–H and O–H groups in total. The van der Waals surface area contributed by atoms with E-state index in [4.69, 9.17) is 91.0 Å². The summed E-state index contributed by atoms with van der Waals surface area (Å²) in [6, 6.07) is -3.40. The Balaban J connectivity index is 1.40. The molecule has 3 aliphatic heterocycles. The summed E-state index contributed by atoms with van der Waals surface area (Å²) in [4.78, 5) is 200. The minimum atomic E-state index is -1.28. The van der Waals surface area contributed by atoms with E-state index in [1.165, 1.54) is 41.5 Å². The van der Waals surface area contributed by atoms with E-state index in [1.54, 1.807) is 6.08 Å². The van der Waals surface area contributed by atoms with Crippen molar-refractivity contribution in [1.29, 1.82) is 0 Å². The second kappa shape index (κ2) is 58.1. The number of nitrogens with two attached hydrogens (primary N) is 1. The van der Waals surface area contributed by atoms with E-state index < -0.39 is 207 Å². The number of carbonyl (C=O) groups excluding carboxylic acids is 16. The van der Waals surface area contributed by atoms with Gasteiger partial charge in [0.2, 0.25) is 41.4 Å². The van der Waals surface area contributed by atoms with E-state index in [9.17, 15) is 76.7 Å². The van der Waals surface area contributed by atoms with Crippen molar-refractivity contribution in [3.63, 3.8) is 0 Å². The Labute approximate surface area is 710 Å². The largest absolute Gasteiger partial charge is 0.463 e. The lowest BCUT2D eigenvalue weighted by Gasteiger charge is -2.44. The average Bonchev–Trinajstić information content (AvgIpc) is 0.766. The molecule has 0 saturated carbocycles. The summed E-state index contributed by atoms with van der Waals surface area (Å²) in [7, 11) is 0. The number of nitrogens with one attached hydrogen (secondary N) is 7. The smallest absolute Gasteiger partial charge is 0.303 e. The number of hydrogen-bond donors (Lipinski definition) is 8. The van der Waals surface area contributed by atoms with Gasteiger partial charge in [0, 0.05) is 160 Å². The molecule has 0 radical (unpaired) electrons. The Bertz CT molecular complexity index is 3400. The third-order valence-corrected chi connectivity index (χ3v) is 18.9. The normalized spacial score (nSPS) is 24.8. The van der Waals surface area contributed by atoms with Gasteiger partial charge in [-0.2, -0.15) is 0 Å². The zero-order chi connectivity index (χ0) is 90.2. The van der Waals surface area contributed by atoms with Crippen LogP contribution < -0.4 is 43.0 Å². The van der Waals surface area contributed by atoms with Crippen molar-refractivity contribution in [1.82, 2.24) is 37.2 Å². The second-order valence-electron chi connectivity index (χ2n) is 29.5. The average molecular weight is 1750 g/mol. The van der Waals surface area contributed by atoms with Gasteiger partial charge in [-0.25, -0.2) is 0 Å². The number of carbonyl (C=O) groups is 16. The maximum Gasteiger partial charge on any atom is 0.303 e. The molecule has 0 spiro atoms. The molecule has 4 aliphatic rings. The van der Waals surface area contributed by atoms with Gasteiger partial charge in [0.1, 0.15) is 68.5 Å². The minimum Gasteiger partial charge on any atom is -0.463 e. The minimum absolute atomic E-state index is 0.00380. The number of rotatable bonds is 56. The van der Waals surface area contributed by atoms with Crippen LogP contribution in [0.15, 0.2) is 11.6 Å². The van der Waals surface area contributed by atoms with Crippen molar-refractivity contribution < 1.29 is 162 Å². The molecular formula is C80H128N8O34. The molecule has 7 amide bonds. The van der Waals surface area contributed by atoms with Gasteiger partial charge < -0.3 is 128 Å². The Kier molecular flexibility index (Phi) is 50.1. The van der Waals surface area contributed by atoms with Crippen molar-refractivity contribution in [3.05, 3.63) is 11.6 Å². The molecule has 0 aromatic heterocycles. The Morgan fingerprint density at radius 3 is 0.934 bits per heavy atom. The first-order chi connectivity index (χ1) is 58.1. The molecule has 3 heterocycles. The van der Waals surface area contributed by atoms with Gasteiger partial charge in [0.25, 0.3) is 0 Å². The lowest BCUT2D eigenvalue weighted by molar-refractivity contribution is -0.277. The number of esters is 9. The fraction of sp³-hybridized carbons (Fsp3) is 0.775. The lowest BCUT2D eigenvalue weighted by atomic mass is 9.91. The van der Waals surface area contributed by atoms with Gasteiger partial charge in [-0.15, -0.1) is 0 Å². The highest BCUT2D eigenvalue weighted by Gasteiger charge is 2.55. The van der Waals surface area contributed by atoms with Gasteiger partial charge in [-0.3, -0.25) is 76.7 Å². The SMILES string of the molecule is CC(=O)N[C@H]1[C@H](OCCCCCCNC(=O)CCO[C@@H]2[C@H](OCCC(=O)NCCCCCCO[C@@H]3O[C@H](COC(C)=O)[C@H](OC(C)=O)[C@H](OC(C)=O)[C@H]3NC(C)=O)C=C(C(=O)NCCCCN)C[C@H]2OCCC(=O)NCCCCCCO[C@@H]2O[C@H](COC(C)=O)[C@H](OC(C)=O)[C@H](OC(C)=O)[C@H]2NC(C)=O)O[C@H](COC(C)=O)[C@H](OC(C)=O)[C@@H]1OC(C)=O. The van der Waals surface area contributed by atoms with Crippen LogP contribution in [0.3, 0.4) is 0 Å². The standard InChI is InChI=1S/C80H128N8O34/c1-46(89)86-67-74(117-55(10)98)71(114-52(7)95)61(43-111-49(4)92)120-78(67)108-35-24-16-13-20-31-82-64(101)27-38-105-59-41-58(77(104)85-34-23-19-30-81)42-60(106-39-28-65(102)83-32-21-14-17-25-36-109-79-68(87-47(2)90)75(118-56(11)99)72(115-53(8)96)62(121-79)44-112-50(5)93)70(59)107-40-29-66(103)84-33-22-15-18-26-37-110-80-69(88-48(3)91)76(119-57(12)100)73(116-54(9)97)63(122-80)45-113-51(6)94/h41,59-63,67-76,78-80H,13-40,42-45,81H2,1-12H3,(H,82,101)(H,83,102)(H,84,103)(H,85,104)(H,86,89)(H,87,90)(H,88,91)/t59-,60-,61-,62-,63-,67-,68-,69-,70-,71+,72+,73+,74-,75-,76-,78-,79-,80-/m1/s1. The third kappa shape index (κ3) is 41.8. The van der Waals surface area contributed by atoms with Gasteiger partial charge in [0.05, 0.1) is 25.9 Å². The highest BCUT2D eigenvalue weighted by molar-refractivity contribution is 5.94. The molecule has 122 heavy (non-hydrogen) atoms. The van der Waals surface area contributed by atoms with Crippen LogP contribution in [-0.4, -0.2) is 298 Å². The maximum absolute atomic E-state index is 13.9. The molecule has 0 aromatic rings. The van der Waals surface area contributed by atoms with Crippen LogP contribution in [0, 0.1) is 0 Å². The molecule has 18 atom stereocenters. The van der Waals surface area contributed by atoms with Crippen LogP contribution in [-0.2, 0) is 162 Å². The quantitative estimate of drug-likeness (QED) is 0.0234. The van der Waals surface area contributed by atoms with Crippen molar-refractivity contribution in [2.24, 2.45) is 5.73 Å². The van der Waals surface area contributed by atoms with E-state index in [-0.39, 0.29) is 108 Å². The predicted molar refractivity (Wildman–Crippen MR) is 421 cm³/mol. The predicted octanol–water partition coefficient (Wildman–Crippen LogP) is 0.545. The zero-order valence-electron chi connectivity index (χ0n) is 72.1. The number of unbranched alkanes of at least 4 members (excludes halogenated alkanes) is 10. The number of amides is 7. The first-order valence-corrected chi connectivity index (χ1v) is 41.5. The molecule has 692 valence electrons. The Morgan fingerprint density at radius 1 is 0.328 bits per heavy atom. The monoisotopic (exact) mass is 1740 g/mol. The summed E-state index contributed by atoms with van der Waals surface area (Å²) in [5.41, 5.74) is 6.02. The zero-order valence-corrected chi connectivity index (χ0v) is 72.1. The van der Waals surface area contributed by atoms with Crippen LogP contribution in [0.2, 0.25) is 0 Å². The van der Waals surface area contributed by atoms with Gasteiger partial charge >= 0.3 is 53.7 Å². The van der Waals surface area contributed by atoms with Gasteiger partial charge in [0.15, 0.2) is 55.5 Å². The molecule has 3 saturated heterocycles. The van der Waals surface area contributed by atoms with Crippen molar-refractivity contribution in [3.8, 4) is 0 Å². The molecule has 4 rings (SSSR count). The molecule has 0 aromatic carbocycles. The van der Waals surface area contributed by atoms with Gasteiger partial charge in [-0.05, 0) is 64.0 Å². The molecule has 0 unspecified atom stereocenters. The first kappa shape index (κ1) is 105. The van der Waals surface area contributed by atoms with Crippen LogP contribution >= 0.6 is 0 Å². The molecule has 42 nitrogen and oxygen atoms in total. The van der Waals surface area contributed by atoms with E-state index >= 15 is 0 Å². The van der Waals surface area contributed by atoms with Crippen molar-refractivity contribution in [2.75, 3.05) is 92.2 Å². The lowest BCUT2D eigenvalue weighted by Crippen LogP contribution is -2.66. The Hall–Kier alpha value is -9.14. The molecular weight excluding hydrogens is 1620 g/mol. The summed E-state index contributed by atoms with van der Waals surface area (Å²) in [6.45, 7) is 14.3. The van der Waals surface area contributed by atoms with Crippen molar-refractivity contribution in [2.45, 2.75) is 309 Å². The topological polar surface area (TPSA) is 549 Å². The van der Waals surface area contributed by atoms with Crippen molar-refractivity contribution >= 4 is 95.1 Å². The Morgan fingerprint density at radius 2 is 0.623 bits per heavy atom. The number of ether oxygens (including phenoxy) is 18. The summed E-state index contributed by atoms with van der Waals surface area (Å²) in [5, 5.41) is 19.6. The fourth-order valence-electron chi connectivity index (χ4n) is 13.6. The maximum atomic E-state index is 13.9. The summed E-state index contributed by atoms with van der Waals surface area (Å²) >= 11 is 0. The van der Waals surface area contributed by atoms with Crippen LogP contribution in [0.4, 0.5) is 0 Å². The second-order valence-corrected chi connectivity index (χ2v) is 29.5. The third-order valence-electron chi connectivity index (χ3n) is 18.9. The molecule has 42 heteroatoms. The summed E-state index contributed by atoms with van der Waals surface area (Å²) in [6.07, 6.45) is -8.37. The highest BCUT2D eigenvalue weighted by atomic mass is 16.7. The van der Waals surface area contributed by atoms with Crippen LogP contribution in [0.5, 0.6) is 0 Å². The van der Waals surface area contributed by atoms with E-state index in [0.717, 1.165) is 41.5 Å². The van der Waals surface area contributed by atoms with Gasteiger partial charge in [-0.1, -0.05) is 38.5 Å². The molecule has 0 bridgehead atoms. The molecule has 1 aliphatic carbocycles.